The monoisotopic (exact) mass is 891 g/mol. The van der Waals surface area contributed by atoms with Crippen molar-refractivity contribution in [1.82, 2.24) is 35.1 Å². The van der Waals surface area contributed by atoms with E-state index in [1.807, 2.05) is 30.5 Å². The van der Waals surface area contributed by atoms with Crippen LogP contribution in [0.3, 0.4) is 0 Å². The average Bonchev–Trinajstić information content (AvgIpc) is 3.83. The average molecular weight is 892 g/mol. The summed E-state index contributed by atoms with van der Waals surface area (Å²) in [6.45, 7) is 2.86. The van der Waals surface area contributed by atoms with Gasteiger partial charge in [0.25, 0.3) is 0 Å². The van der Waals surface area contributed by atoms with E-state index in [9.17, 15) is 60.7 Å². The molecule has 8 atom stereocenters. The Morgan fingerprint density at radius 1 is 0.864 bits per heavy atom. The molecule has 1 aromatic carbocycles. The molecule has 3 heterocycles. The van der Waals surface area contributed by atoms with Gasteiger partial charge in [0, 0.05) is 25.2 Å². The molecule has 13 N–H and O–H groups in total. The number of fused-ring (bicyclic) bond motifs is 2. The summed E-state index contributed by atoms with van der Waals surface area (Å²) < 4.78 is 4.56. The molecule has 1 aliphatic rings. The van der Waals surface area contributed by atoms with E-state index in [-0.39, 0.29) is 49.2 Å². The van der Waals surface area contributed by atoms with E-state index in [0.717, 1.165) is 16.9 Å². The molecule has 0 bridgehead atoms. The number of benzene rings is 1. The van der Waals surface area contributed by atoms with Gasteiger partial charge in [0.15, 0.2) is 0 Å². The van der Waals surface area contributed by atoms with Crippen LogP contribution in [0, 0.1) is 0 Å². The number of aryl methyl sites for hydroxylation is 2. The molecule has 1 saturated carbocycles. The molecule has 21 heteroatoms. The third-order valence-corrected chi connectivity index (χ3v) is 11.8. The molecule has 0 saturated heterocycles. The number of aliphatic hydroxyl groups is 10. The number of aromatic amines is 1. The van der Waals surface area contributed by atoms with E-state index in [0.29, 0.717) is 60.0 Å². The summed E-state index contributed by atoms with van der Waals surface area (Å²) in [4.78, 5) is 40.4. The third kappa shape index (κ3) is 10.6. The van der Waals surface area contributed by atoms with Gasteiger partial charge in [-0.15, -0.1) is 0 Å². The van der Waals surface area contributed by atoms with E-state index < -0.39 is 62.0 Å². The molecule has 4 aromatic rings. The van der Waals surface area contributed by atoms with Crippen LogP contribution in [0.2, 0.25) is 0 Å². The molecule has 0 spiro atoms. The van der Waals surface area contributed by atoms with E-state index in [4.69, 9.17) is 0 Å². The fourth-order valence-corrected chi connectivity index (χ4v) is 8.26. The Hall–Kier alpha value is -3.63. The van der Waals surface area contributed by atoms with Crippen molar-refractivity contribution < 1.29 is 65.2 Å². The Labute approximate surface area is 348 Å². The van der Waals surface area contributed by atoms with Gasteiger partial charge in [0.05, 0.1) is 25.4 Å². The fourth-order valence-electron chi connectivity index (χ4n) is 7.74. The molecule has 2 amide bonds. The summed E-state index contributed by atoms with van der Waals surface area (Å²) in [5, 5.41) is 107. The van der Waals surface area contributed by atoms with E-state index in [2.05, 4.69) is 47.0 Å². The molecule has 1 fully saturated rings. The van der Waals surface area contributed by atoms with Crippen molar-refractivity contribution in [2.24, 2.45) is 0 Å². The Kier molecular flexibility index (Phi) is 16.3. The second kappa shape index (κ2) is 20.8. The number of aromatic nitrogens is 5. The van der Waals surface area contributed by atoms with Gasteiger partial charge in [-0.05, 0) is 25.7 Å². The first-order valence-corrected chi connectivity index (χ1v) is 20.7. The first-order valence-electron chi connectivity index (χ1n) is 19.7. The molecule has 3 aromatic heterocycles. The van der Waals surface area contributed by atoms with Crippen LogP contribution in [0.1, 0.15) is 66.2 Å². The molecule has 0 unspecified atom stereocenters. The predicted molar refractivity (Wildman–Crippen MR) is 211 cm³/mol. The van der Waals surface area contributed by atoms with Crippen LogP contribution in [-0.4, -0.2) is 191 Å². The number of nitrogens with zero attached hydrogens (tertiary/aromatic N) is 5. The van der Waals surface area contributed by atoms with Crippen LogP contribution < -0.4 is 19.7 Å². The number of imidazole rings is 1. The zero-order valence-electron chi connectivity index (χ0n) is 32.9. The fraction of sp³-hybridized carbons (Fsp3) is 0.605. The van der Waals surface area contributed by atoms with Crippen LogP contribution in [0.4, 0.5) is 0 Å². The van der Waals surface area contributed by atoms with E-state index in [1.54, 1.807) is 23.2 Å². The molecule has 59 heavy (non-hydrogen) atoms. The minimum absolute atomic E-state index is 0.193. The number of hydrogen-bond acceptors (Lipinski definition) is 15. The van der Waals surface area contributed by atoms with Gasteiger partial charge < -0.3 is 51.1 Å². The van der Waals surface area contributed by atoms with Crippen molar-refractivity contribution in [3.63, 3.8) is 0 Å². The number of H-pyrrole nitrogens is 1. The number of carbonyl (C=O) groups is 2. The Balaban J connectivity index is 1.26. The van der Waals surface area contributed by atoms with Crippen molar-refractivity contribution in [1.29, 1.82) is 0 Å². The zero-order valence-corrected chi connectivity index (χ0v) is 34.8. The summed E-state index contributed by atoms with van der Waals surface area (Å²) >= 11 is 2.27. The molecule has 20 nitrogen and oxygen atoms in total. The van der Waals surface area contributed by atoms with Gasteiger partial charge in [-0.25, -0.2) is 0 Å². The van der Waals surface area contributed by atoms with Crippen LogP contribution in [0.5, 0.6) is 0 Å². The summed E-state index contributed by atoms with van der Waals surface area (Å²) in [5.41, 5.74) is 3.48. The first-order chi connectivity index (χ1) is 28.1. The molecule has 5 rings (SSSR count). The number of amides is 2. The van der Waals surface area contributed by atoms with Gasteiger partial charge in [0.2, 0.25) is 0 Å². The van der Waals surface area contributed by atoms with Crippen LogP contribution in [0.15, 0.2) is 30.5 Å². The SMILES string of the molecule is CCn1c(CNC(=O)c2nc3cc[nH]c3nc2[As])[n+](CC)c2ccc(C(=O)NC3CCC(N(C[C@H](O)[C@@H](O)[C@H](O)[C@H](O)CO)C[C@H](O)[C@@H](O)[C@H](O)[C@H](O)CO)CC3)cc21. The maximum atomic E-state index is 13.7. The summed E-state index contributed by atoms with van der Waals surface area (Å²) in [6.07, 6.45) is -10.9. The second-order valence-electron chi connectivity index (χ2n) is 14.9. The van der Waals surface area contributed by atoms with Crippen molar-refractivity contribution in [3.05, 3.63) is 47.5 Å². The normalized spacial score (nSPS) is 20.2. The van der Waals surface area contributed by atoms with Crippen molar-refractivity contribution >= 4 is 55.3 Å². The molecule has 0 aliphatic heterocycles. The van der Waals surface area contributed by atoms with Crippen LogP contribution >= 0.6 is 0 Å². The minimum atomic E-state index is -1.89. The standard InChI is InChI=1S/C38H55AsN8O12/c1-3-46-23-10-5-19(13-24(23)47(4-2)29(46)14-41-38(59)30-35(39)44-36-22(43-30)11-12-40-36)37(58)42-20-6-8-21(9-7-20)45(15-25(50)31(54)33(56)27(52)17-48)16-26(51)32(55)34(57)28(53)18-49/h5,10-13,20-21,25-28,31-34,48-57H,3-4,6-9,14-18H2,1-2H3,(H2-,40,41,42,43,44,58,59)/p+1/t20?,21?,25-,26-,27+,28+,31+,32+,33+,34+/m0/s1. The predicted octanol–water partition coefficient (Wildman–Crippen LogP) is -4.82. The summed E-state index contributed by atoms with van der Waals surface area (Å²) in [5.74, 6) is 0.155. The third-order valence-electron chi connectivity index (χ3n) is 11.1. The second-order valence-corrected chi connectivity index (χ2v) is 15.8. The quantitative estimate of drug-likeness (QED) is 0.0293. The molecular weight excluding hydrogens is 835 g/mol. The number of carbonyl (C=O) groups excluding carboxylic acids is 2. The van der Waals surface area contributed by atoms with E-state index in [1.165, 1.54) is 0 Å². The summed E-state index contributed by atoms with van der Waals surface area (Å²) in [7, 11) is 0. The van der Waals surface area contributed by atoms with Crippen LogP contribution in [0.25, 0.3) is 22.2 Å². The molecule has 2 radical (unpaired) electrons. The topological polar surface area (TPSA) is 314 Å². The van der Waals surface area contributed by atoms with Gasteiger partial charge in [-0.2, -0.15) is 0 Å². The number of hydrogen-bond donors (Lipinski definition) is 13. The molecule has 1 aliphatic carbocycles. The maximum absolute atomic E-state index is 13.7. The number of rotatable bonds is 20. The van der Waals surface area contributed by atoms with Gasteiger partial charge in [0.1, 0.15) is 36.6 Å². The van der Waals surface area contributed by atoms with Crippen molar-refractivity contribution in [2.45, 2.75) is 120 Å². The molecule has 324 valence electrons. The Morgan fingerprint density at radius 3 is 2.02 bits per heavy atom. The van der Waals surface area contributed by atoms with E-state index >= 15 is 0 Å². The first kappa shape index (κ1) is 46.4. The zero-order chi connectivity index (χ0) is 43.1. The van der Waals surface area contributed by atoms with Crippen molar-refractivity contribution in [3.8, 4) is 0 Å². The van der Waals surface area contributed by atoms with Crippen molar-refractivity contribution in [2.75, 3.05) is 26.3 Å². The Morgan fingerprint density at radius 2 is 1.46 bits per heavy atom. The van der Waals surface area contributed by atoms with Gasteiger partial charge in [-0.3, -0.25) is 4.90 Å². The summed E-state index contributed by atoms with van der Waals surface area (Å²) in [6, 6.07) is 6.53. The van der Waals surface area contributed by atoms with Gasteiger partial charge in [-0.1, -0.05) is 0 Å². The van der Waals surface area contributed by atoms with Gasteiger partial charge >= 0.3 is 181 Å². The molecular formula is C38H56AsN8O12+. The number of nitrogens with one attached hydrogen (secondary N) is 3. The Bertz CT molecular complexity index is 2000. The number of aliphatic hydroxyl groups excluding tert-OH is 10. The van der Waals surface area contributed by atoms with Crippen LogP contribution in [-0.2, 0) is 19.6 Å².